The molecular formula is C16H26N2O. The van der Waals surface area contributed by atoms with E-state index in [1.807, 2.05) is 0 Å². The quantitative estimate of drug-likeness (QED) is 0.854. The molecule has 3 heteroatoms. The molecule has 2 heterocycles. The summed E-state index contributed by atoms with van der Waals surface area (Å²) in [5.41, 5.74) is 0. The fraction of sp³-hybridized carbons (Fsp3) is 0.750. The van der Waals surface area contributed by atoms with Gasteiger partial charge in [-0.2, -0.15) is 0 Å². The predicted molar refractivity (Wildman–Crippen MR) is 77.2 cm³/mol. The van der Waals surface area contributed by atoms with E-state index in [9.17, 15) is 0 Å². The largest absolute Gasteiger partial charge is 0.464 e. The molecule has 0 aromatic carbocycles. The third-order valence-corrected chi connectivity index (χ3v) is 4.71. The van der Waals surface area contributed by atoms with Gasteiger partial charge in [0.05, 0.1) is 6.54 Å². The highest BCUT2D eigenvalue weighted by molar-refractivity contribution is 5.17. The minimum atomic E-state index is 0.696. The Morgan fingerprint density at radius 1 is 1.42 bits per heavy atom. The average Bonchev–Trinajstić information content (AvgIpc) is 2.86. The molecule has 2 fully saturated rings. The Morgan fingerprint density at radius 3 is 2.95 bits per heavy atom. The SMILES string of the molecule is CCN1CCC(CNCc2ccc(C3CC3C)o2)C1. The predicted octanol–water partition coefficient (Wildman–Crippen LogP) is 2.83. The zero-order chi connectivity index (χ0) is 13.2. The molecule has 1 saturated heterocycles. The number of nitrogens with one attached hydrogen (secondary N) is 1. The first-order valence-electron chi connectivity index (χ1n) is 7.78. The Hall–Kier alpha value is -0.800. The summed E-state index contributed by atoms with van der Waals surface area (Å²) in [6.45, 7) is 10.3. The second-order valence-electron chi connectivity index (χ2n) is 6.30. The highest BCUT2D eigenvalue weighted by Gasteiger charge is 2.36. The van der Waals surface area contributed by atoms with Gasteiger partial charge in [-0.3, -0.25) is 0 Å². The van der Waals surface area contributed by atoms with E-state index in [0.29, 0.717) is 5.92 Å². The molecule has 3 unspecified atom stereocenters. The van der Waals surface area contributed by atoms with Crippen LogP contribution in [0.5, 0.6) is 0 Å². The zero-order valence-corrected chi connectivity index (χ0v) is 12.2. The monoisotopic (exact) mass is 262 g/mol. The number of likely N-dealkylation sites (tertiary alicyclic amines) is 1. The van der Waals surface area contributed by atoms with Gasteiger partial charge in [0.2, 0.25) is 0 Å². The van der Waals surface area contributed by atoms with Crippen LogP contribution in [0.25, 0.3) is 0 Å². The minimum absolute atomic E-state index is 0.696. The van der Waals surface area contributed by atoms with E-state index in [1.165, 1.54) is 38.2 Å². The summed E-state index contributed by atoms with van der Waals surface area (Å²) in [7, 11) is 0. The van der Waals surface area contributed by atoms with E-state index in [4.69, 9.17) is 4.42 Å². The Labute approximate surface area is 116 Å². The van der Waals surface area contributed by atoms with Crippen LogP contribution in [0.2, 0.25) is 0 Å². The highest BCUT2D eigenvalue weighted by atomic mass is 16.3. The number of furan rings is 1. The van der Waals surface area contributed by atoms with Gasteiger partial charge in [0.15, 0.2) is 0 Å². The van der Waals surface area contributed by atoms with Gasteiger partial charge in [-0.25, -0.2) is 0 Å². The maximum atomic E-state index is 5.91. The van der Waals surface area contributed by atoms with Crippen LogP contribution in [0.15, 0.2) is 16.5 Å². The molecule has 0 bridgehead atoms. The first-order valence-corrected chi connectivity index (χ1v) is 7.78. The fourth-order valence-electron chi connectivity index (χ4n) is 3.17. The van der Waals surface area contributed by atoms with Crippen molar-refractivity contribution >= 4 is 0 Å². The molecule has 1 aliphatic carbocycles. The first kappa shape index (κ1) is 13.2. The summed E-state index contributed by atoms with van der Waals surface area (Å²) in [6.07, 6.45) is 2.64. The number of hydrogen-bond donors (Lipinski definition) is 1. The van der Waals surface area contributed by atoms with E-state index in [-0.39, 0.29) is 0 Å². The summed E-state index contributed by atoms with van der Waals surface area (Å²) in [6, 6.07) is 4.31. The molecule has 3 nitrogen and oxygen atoms in total. The Bertz CT molecular complexity index is 415. The molecule has 3 rings (SSSR count). The molecule has 1 saturated carbocycles. The van der Waals surface area contributed by atoms with Crippen molar-refractivity contribution in [2.45, 2.75) is 39.2 Å². The smallest absolute Gasteiger partial charge is 0.117 e. The van der Waals surface area contributed by atoms with E-state index in [2.05, 4.69) is 36.2 Å². The van der Waals surface area contributed by atoms with Gasteiger partial charge in [0.1, 0.15) is 11.5 Å². The van der Waals surface area contributed by atoms with Crippen molar-refractivity contribution in [3.8, 4) is 0 Å². The molecule has 3 atom stereocenters. The molecule has 1 aliphatic heterocycles. The van der Waals surface area contributed by atoms with Gasteiger partial charge in [0, 0.05) is 12.5 Å². The summed E-state index contributed by atoms with van der Waals surface area (Å²) in [5.74, 6) is 4.63. The molecule has 1 aromatic heterocycles. The highest BCUT2D eigenvalue weighted by Crippen LogP contribution is 2.47. The molecule has 1 N–H and O–H groups in total. The third kappa shape index (κ3) is 3.21. The number of nitrogens with zero attached hydrogens (tertiary/aromatic N) is 1. The normalized spacial score (nSPS) is 30.9. The number of hydrogen-bond acceptors (Lipinski definition) is 3. The van der Waals surface area contributed by atoms with Crippen LogP contribution in [-0.2, 0) is 6.54 Å². The van der Waals surface area contributed by atoms with Gasteiger partial charge >= 0.3 is 0 Å². The first-order chi connectivity index (χ1) is 9.26. The molecule has 2 aliphatic rings. The van der Waals surface area contributed by atoms with Crippen LogP contribution >= 0.6 is 0 Å². The van der Waals surface area contributed by atoms with Crippen LogP contribution in [0, 0.1) is 11.8 Å². The van der Waals surface area contributed by atoms with Crippen LogP contribution in [-0.4, -0.2) is 31.1 Å². The van der Waals surface area contributed by atoms with Crippen LogP contribution in [0.3, 0.4) is 0 Å². The van der Waals surface area contributed by atoms with E-state index >= 15 is 0 Å². The molecule has 0 amide bonds. The summed E-state index contributed by atoms with van der Waals surface area (Å²) in [5, 5.41) is 3.55. The van der Waals surface area contributed by atoms with Crippen molar-refractivity contribution in [1.29, 1.82) is 0 Å². The molecule has 106 valence electrons. The Kier molecular flexibility index (Phi) is 3.94. The van der Waals surface area contributed by atoms with Gasteiger partial charge in [-0.05, 0) is 56.4 Å². The molecule has 1 aromatic rings. The van der Waals surface area contributed by atoms with Gasteiger partial charge in [-0.1, -0.05) is 13.8 Å². The van der Waals surface area contributed by atoms with Crippen molar-refractivity contribution in [1.82, 2.24) is 10.2 Å². The second kappa shape index (κ2) is 5.68. The molecule has 19 heavy (non-hydrogen) atoms. The van der Waals surface area contributed by atoms with Crippen molar-refractivity contribution in [3.05, 3.63) is 23.7 Å². The van der Waals surface area contributed by atoms with Crippen molar-refractivity contribution in [2.75, 3.05) is 26.2 Å². The maximum Gasteiger partial charge on any atom is 0.117 e. The van der Waals surface area contributed by atoms with Crippen LogP contribution < -0.4 is 5.32 Å². The molecule has 0 spiro atoms. The standard InChI is InChI=1S/C16H26N2O/c1-3-18-7-6-13(11-18)9-17-10-14-4-5-16(19-14)15-8-12(15)2/h4-5,12-13,15,17H,3,6-11H2,1-2H3. The maximum absolute atomic E-state index is 5.91. The Morgan fingerprint density at radius 2 is 2.26 bits per heavy atom. The summed E-state index contributed by atoms with van der Waals surface area (Å²) < 4.78 is 5.91. The molecule has 0 radical (unpaired) electrons. The van der Waals surface area contributed by atoms with Gasteiger partial charge in [0.25, 0.3) is 0 Å². The van der Waals surface area contributed by atoms with Crippen molar-refractivity contribution < 1.29 is 4.42 Å². The topological polar surface area (TPSA) is 28.4 Å². The summed E-state index contributed by atoms with van der Waals surface area (Å²) >= 11 is 0. The third-order valence-electron chi connectivity index (χ3n) is 4.71. The van der Waals surface area contributed by atoms with Crippen molar-refractivity contribution in [2.24, 2.45) is 11.8 Å². The minimum Gasteiger partial charge on any atom is -0.464 e. The van der Waals surface area contributed by atoms with E-state index in [0.717, 1.165) is 30.7 Å². The van der Waals surface area contributed by atoms with Crippen LogP contribution in [0.4, 0.5) is 0 Å². The van der Waals surface area contributed by atoms with Gasteiger partial charge < -0.3 is 14.6 Å². The molecular weight excluding hydrogens is 236 g/mol. The lowest BCUT2D eigenvalue weighted by molar-refractivity contribution is 0.337. The van der Waals surface area contributed by atoms with Crippen LogP contribution in [0.1, 0.15) is 44.1 Å². The lowest BCUT2D eigenvalue weighted by atomic mass is 10.1. The van der Waals surface area contributed by atoms with Crippen molar-refractivity contribution in [3.63, 3.8) is 0 Å². The van der Waals surface area contributed by atoms with E-state index < -0.39 is 0 Å². The number of rotatable bonds is 6. The Balaban J connectivity index is 1.39. The lowest BCUT2D eigenvalue weighted by Crippen LogP contribution is -2.26. The second-order valence-corrected chi connectivity index (χ2v) is 6.30. The van der Waals surface area contributed by atoms with E-state index in [1.54, 1.807) is 0 Å². The average molecular weight is 262 g/mol. The summed E-state index contributed by atoms with van der Waals surface area (Å²) in [4.78, 5) is 2.53. The zero-order valence-electron chi connectivity index (χ0n) is 12.2. The lowest BCUT2D eigenvalue weighted by Gasteiger charge is -2.13. The van der Waals surface area contributed by atoms with Gasteiger partial charge in [-0.15, -0.1) is 0 Å². The fourth-order valence-corrected chi connectivity index (χ4v) is 3.17.